The largest absolute Gasteiger partial charge is 0.465 e. The van der Waals surface area contributed by atoms with Gasteiger partial charge in [-0.2, -0.15) is 0 Å². The molecule has 1 aliphatic heterocycles. The van der Waals surface area contributed by atoms with Crippen molar-refractivity contribution in [2.75, 3.05) is 20.2 Å². The molecule has 21 heavy (non-hydrogen) atoms. The molecule has 1 fully saturated rings. The number of carbonyl (C=O) groups excluding carboxylic acids is 1. The summed E-state index contributed by atoms with van der Waals surface area (Å²) in [5.41, 5.74) is 0. The molecule has 0 spiro atoms. The van der Waals surface area contributed by atoms with Gasteiger partial charge in [-0.25, -0.2) is 17.9 Å². The molecular formula is C12H17BrN2O4S2. The van der Waals surface area contributed by atoms with E-state index in [2.05, 4.69) is 30.7 Å². The molecular weight excluding hydrogens is 380 g/mol. The molecule has 0 saturated carbocycles. The van der Waals surface area contributed by atoms with Gasteiger partial charge in [0, 0.05) is 12.6 Å². The Labute approximate surface area is 136 Å². The topological polar surface area (TPSA) is 84.5 Å². The van der Waals surface area contributed by atoms with Crippen LogP contribution in [0.5, 0.6) is 0 Å². The van der Waals surface area contributed by atoms with Crippen molar-refractivity contribution < 1.29 is 17.9 Å². The Morgan fingerprint density at radius 2 is 2.29 bits per heavy atom. The van der Waals surface area contributed by atoms with Crippen LogP contribution >= 0.6 is 27.3 Å². The lowest BCUT2D eigenvalue weighted by atomic mass is 10.2. The zero-order valence-corrected chi connectivity index (χ0v) is 14.7. The lowest BCUT2D eigenvalue weighted by molar-refractivity contribution is 0.0606. The maximum atomic E-state index is 12.4. The summed E-state index contributed by atoms with van der Waals surface area (Å²) in [4.78, 5) is 11.8. The molecule has 1 saturated heterocycles. The van der Waals surface area contributed by atoms with Crippen molar-refractivity contribution in [1.82, 2.24) is 10.0 Å². The summed E-state index contributed by atoms with van der Waals surface area (Å²) in [6.45, 7) is 1.53. The van der Waals surface area contributed by atoms with Gasteiger partial charge in [0.1, 0.15) is 9.77 Å². The quantitative estimate of drug-likeness (QED) is 0.756. The van der Waals surface area contributed by atoms with Gasteiger partial charge in [-0.3, -0.25) is 0 Å². The monoisotopic (exact) mass is 396 g/mol. The summed E-state index contributed by atoms with van der Waals surface area (Å²) in [5, 5.41) is 3.21. The SMILES string of the molecule is COC(=O)c1cc(S(=O)(=O)NC2CCCCNC2)c(Br)s1. The smallest absolute Gasteiger partial charge is 0.348 e. The highest BCUT2D eigenvalue weighted by atomic mass is 79.9. The first kappa shape index (κ1) is 16.9. The van der Waals surface area contributed by atoms with Crippen molar-refractivity contribution in [3.63, 3.8) is 0 Å². The molecule has 0 radical (unpaired) electrons. The van der Waals surface area contributed by atoms with E-state index in [1.165, 1.54) is 13.2 Å². The number of thiophene rings is 1. The number of halogens is 1. The number of rotatable bonds is 4. The Bertz CT molecular complexity index is 607. The third-order valence-corrected chi connectivity index (χ3v) is 6.95. The van der Waals surface area contributed by atoms with Gasteiger partial charge in [-0.15, -0.1) is 11.3 Å². The third-order valence-electron chi connectivity index (χ3n) is 3.20. The number of nitrogens with one attached hydrogen (secondary N) is 2. The van der Waals surface area contributed by atoms with Crippen LogP contribution in [0, 0.1) is 0 Å². The highest BCUT2D eigenvalue weighted by Crippen LogP contribution is 2.32. The van der Waals surface area contributed by atoms with Crippen molar-refractivity contribution in [3.8, 4) is 0 Å². The van der Waals surface area contributed by atoms with Crippen LogP contribution in [0.2, 0.25) is 0 Å². The van der Waals surface area contributed by atoms with Crippen molar-refractivity contribution in [1.29, 1.82) is 0 Å². The van der Waals surface area contributed by atoms with Gasteiger partial charge in [0.05, 0.1) is 10.9 Å². The van der Waals surface area contributed by atoms with Gasteiger partial charge in [0.2, 0.25) is 10.0 Å². The number of esters is 1. The van der Waals surface area contributed by atoms with Crippen LogP contribution in [0.25, 0.3) is 0 Å². The van der Waals surface area contributed by atoms with Crippen LogP contribution < -0.4 is 10.0 Å². The van der Waals surface area contributed by atoms with E-state index in [4.69, 9.17) is 0 Å². The molecule has 2 rings (SSSR count). The fourth-order valence-corrected chi connectivity index (χ4v) is 5.89. The lowest BCUT2D eigenvalue weighted by Crippen LogP contribution is -2.40. The van der Waals surface area contributed by atoms with E-state index in [1.807, 2.05) is 0 Å². The fraction of sp³-hybridized carbons (Fsp3) is 0.583. The van der Waals surface area contributed by atoms with Crippen LogP contribution in [-0.4, -0.2) is 40.6 Å². The standard InChI is InChI=1S/C12H17BrN2O4S2/c1-19-12(16)9-6-10(11(13)20-9)21(17,18)15-8-4-2-3-5-14-7-8/h6,8,14-15H,2-5,7H2,1H3. The second-order valence-electron chi connectivity index (χ2n) is 4.76. The predicted octanol–water partition coefficient (Wildman–Crippen LogP) is 1.72. The molecule has 0 aromatic carbocycles. The molecule has 0 aliphatic carbocycles. The molecule has 2 heterocycles. The Kier molecular flexibility index (Phi) is 5.78. The Hall–Kier alpha value is -0.480. The van der Waals surface area contributed by atoms with Crippen LogP contribution in [0.3, 0.4) is 0 Å². The van der Waals surface area contributed by atoms with E-state index in [1.54, 1.807) is 0 Å². The Morgan fingerprint density at radius 3 is 3.00 bits per heavy atom. The lowest BCUT2D eigenvalue weighted by Gasteiger charge is -2.16. The highest BCUT2D eigenvalue weighted by Gasteiger charge is 2.26. The number of ether oxygens (including phenoxy) is 1. The molecule has 2 N–H and O–H groups in total. The summed E-state index contributed by atoms with van der Waals surface area (Å²) in [6, 6.07) is 1.21. The molecule has 0 bridgehead atoms. The number of sulfonamides is 1. The minimum Gasteiger partial charge on any atom is -0.465 e. The zero-order chi connectivity index (χ0) is 15.5. The van der Waals surface area contributed by atoms with Crippen LogP contribution in [0.15, 0.2) is 14.7 Å². The van der Waals surface area contributed by atoms with E-state index in [0.29, 0.717) is 10.3 Å². The summed E-state index contributed by atoms with van der Waals surface area (Å²) in [5.74, 6) is -0.543. The molecule has 1 aromatic heterocycles. The molecule has 1 unspecified atom stereocenters. The summed E-state index contributed by atoms with van der Waals surface area (Å²) < 4.78 is 32.6. The first-order chi connectivity index (χ1) is 9.94. The van der Waals surface area contributed by atoms with Gasteiger partial charge >= 0.3 is 5.97 Å². The van der Waals surface area contributed by atoms with E-state index < -0.39 is 16.0 Å². The van der Waals surface area contributed by atoms with Gasteiger partial charge in [0.25, 0.3) is 0 Å². The normalized spacial score (nSPS) is 20.0. The molecule has 9 heteroatoms. The fourth-order valence-electron chi connectivity index (χ4n) is 2.14. The van der Waals surface area contributed by atoms with E-state index in [9.17, 15) is 13.2 Å². The van der Waals surface area contributed by atoms with Gasteiger partial charge < -0.3 is 10.1 Å². The number of carbonyl (C=O) groups is 1. The zero-order valence-electron chi connectivity index (χ0n) is 11.5. The van der Waals surface area contributed by atoms with Crippen LogP contribution in [0.1, 0.15) is 28.9 Å². The minimum atomic E-state index is -3.66. The van der Waals surface area contributed by atoms with Crippen molar-refractivity contribution in [2.24, 2.45) is 0 Å². The van der Waals surface area contributed by atoms with E-state index in [-0.39, 0.29) is 15.8 Å². The molecule has 1 atom stereocenters. The molecule has 1 aliphatic rings. The van der Waals surface area contributed by atoms with Crippen molar-refractivity contribution >= 4 is 43.3 Å². The maximum Gasteiger partial charge on any atom is 0.348 e. The second-order valence-corrected chi connectivity index (χ2v) is 8.81. The van der Waals surface area contributed by atoms with Gasteiger partial charge in [0.15, 0.2) is 0 Å². The van der Waals surface area contributed by atoms with Crippen molar-refractivity contribution in [2.45, 2.75) is 30.2 Å². The summed E-state index contributed by atoms with van der Waals surface area (Å²) in [6.07, 6.45) is 2.84. The summed E-state index contributed by atoms with van der Waals surface area (Å²) in [7, 11) is -2.40. The number of hydrogen-bond donors (Lipinski definition) is 2. The Balaban J connectivity index is 2.18. The maximum absolute atomic E-state index is 12.4. The molecule has 1 aromatic rings. The van der Waals surface area contributed by atoms with Gasteiger partial charge in [-0.1, -0.05) is 6.42 Å². The van der Waals surface area contributed by atoms with E-state index >= 15 is 0 Å². The molecule has 118 valence electrons. The molecule has 6 nitrogen and oxygen atoms in total. The first-order valence-electron chi connectivity index (χ1n) is 6.54. The second kappa shape index (κ2) is 7.19. The average molecular weight is 397 g/mol. The number of hydrogen-bond acceptors (Lipinski definition) is 6. The van der Waals surface area contributed by atoms with E-state index in [0.717, 1.165) is 37.1 Å². The predicted molar refractivity (Wildman–Crippen MR) is 84.2 cm³/mol. The molecule has 0 amide bonds. The van der Waals surface area contributed by atoms with Gasteiger partial charge in [-0.05, 0) is 41.4 Å². The highest BCUT2D eigenvalue weighted by molar-refractivity contribution is 9.11. The van der Waals surface area contributed by atoms with Crippen LogP contribution in [0.4, 0.5) is 0 Å². The number of methoxy groups -OCH3 is 1. The summed E-state index contributed by atoms with van der Waals surface area (Å²) >= 11 is 4.25. The average Bonchev–Trinajstić information content (AvgIpc) is 2.66. The Morgan fingerprint density at radius 1 is 1.52 bits per heavy atom. The third kappa shape index (κ3) is 4.26. The first-order valence-corrected chi connectivity index (χ1v) is 9.64. The van der Waals surface area contributed by atoms with Crippen LogP contribution in [-0.2, 0) is 14.8 Å². The van der Waals surface area contributed by atoms with Crippen molar-refractivity contribution in [3.05, 3.63) is 14.7 Å². The minimum absolute atomic E-state index is 0.0807.